The van der Waals surface area contributed by atoms with Gasteiger partial charge in [0.05, 0.1) is 29.2 Å². The number of carbonyl (C=O) groups is 1. The molecule has 3 aromatic rings. The van der Waals surface area contributed by atoms with E-state index < -0.39 is 6.04 Å². The number of aromatic nitrogens is 1. The van der Waals surface area contributed by atoms with Crippen LogP contribution in [-0.2, 0) is 16.6 Å². The lowest BCUT2D eigenvalue weighted by Gasteiger charge is -2.23. The summed E-state index contributed by atoms with van der Waals surface area (Å²) in [4.78, 5) is 19.7. The van der Waals surface area contributed by atoms with Crippen LogP contribution in [0, 0.1) is 23.7 Å². The lowest BCUT2D eigenvalue weighted by molar-refractivity contribution is -0.119. The summed E-state index contributed by atoms with van der Waals surface area (Å²) in [5, 5.41) is 9.85. The van der Waals surface area contributed by atoms with Crippen LogP contribution in [0.3, 0.4) is 0 Å². The summed E-state index contributed by atoms with van der Waals surface area (Å²) in [7, 11) is 0. The van der Waals surface area contributed by atoms with Gasteiger partial charge < -0.3 is 20.1 Å². The summed E-state index contributed by atoms with van der Waals surface area (Å²) in [5.74, 6) is 3.62. The number of fused-ring (bicyclic) bond motifs is 1. The highest BCUT2D eigenvalue weighted by Gasteiger charge is 2.41. The average Bonchev–Trinajstić information content (AvgIpc) is 3.14. The number of terminal acetylenes is 1. The van der Waals surface area contributed by atoms with Crippen LogP contribution in [0.4, 0.5) is 5.69 Å². The van der Waals surface area contributed by atoms with Gasteiger partial charge in [0.2, 0.25) is 5.91 Å². The Hall–Kier alpha value is -4.04. The third kappa shape index (κ3) is 5.28. The molecule has 1 aromatic heterocycles. The fourth-order valence-electron chi connectivity index (χ4n) is 4.16. The molecule has 182 valence electrons. The summed E-state index contributed by atoms with van der Waals surface area (Å²) >= 11 is 5.99. The first-order chi connectivity index (χ1) is 17.2. The van der Waals surface area contributed by atoms with Crippen LogP contribution in [-0.4, -0.2) is 30.1 Å². The van der Waals surface area contributed by atoms with Crippen molar-refractivity contribution in [2.45, 2.75) is 31.7 Å². The molecule has 2 N–H and O–H groups in total. The van der Waals surface area contributed by atoms with Crippen molar-refractivity contribution in [1.29, 1.82) is 5.26 Å². The third-order valence-corrected chi connectivity index (χ3v) is 6.14. The number of hydrogen-bond acceptors (Lipinski definition) is 6. The number of nitrogens with zero attached hydrogens (tertiary/aromatic N) is 3. The van der Waals surface area contributed by atoms with Crippen molar-refractivity contribution in [1.82, 2.24) is 4.98 Å². The molecule has 2 aromatic carbocycles. The smallest absolute Gasteiger partial charge is 0.244 e. The van der Waals surface area contributed by atoms with E-state index in [2.05, 4.69) is 17.0 Å². The molecule has 0 radical (unpaired) electrons. The van der Waals surface area contributed by atoms with Gasteiger partial charge in [-0.25, -0.2) is 0 Å². The van der Waals surface area contributed by atoms with Crippen LogP contribution in [0.25, 0.3) is 0 Å². The summed E-state index contributed by atoms with van der Waals surface area (Å²) in [6.45, 7) is 4.69. The Morgan fingerprint density at radius 3 is 2.69 bits per heavy atom. The summed E-state index contributed by atoms with van der Waals surface area (Å²) in [6, 6.07) is 15.2. The molecule has 1 aliphatic rings. The van der Waals surface area contributed by atoms with Crippen molar-refractivity contribution in [2.24, 2.45) is 5.73 Å². The highest BCUT2D eigenvalue weighted by Crippen LogP contribution is 2.42. The standard InChI is InChI=1S/C28H25ClN4O3/c1-4-11-35-21-8-5-18(6-9-21)12-23(31)27(34)33-17-28(2,3)26-24(33)14-22(16-32-26)36-25-10-7-20(29)13-19(25)15-30/h1,5-10,13-14,16,23H,11-12,17,31H2,2-3H3/t23-/m0/s1. The SMILES string of the molecule is C#CCOc1ccc(C[C@H](N)C(=O)N2CC(C)(C)c3ncc(Oc4ccc(Cl)cc4C#N)cc32)cc1. The van der Waals surface area contributed by atoms with Crippen LogP contribution in [0.2, 0.25) is 5.02 Å². The van der Waals surface area contributed by atoms with Gasteiger partial charge in [-0.05, 0) is 42.3 Å². The molecule has 36 heavy (non-hydrogen) atoms. The molecule has 0 fully saturated rings. The lowest BCUT2D eigenvalue weighted by Crippen LogP contribution is -2.45. The van der Waals surface area contributed by atoms with Crippen LogP contribution < -0.4 is 20.1 Å². The Balaban J connectivity index is 1.54. The molecule has 0 saturated heterocycles. The Kier molecular flexibility index (Phi) is 7.17. The van der Waals surface area contributed by atoms with Crippen LogP contribution in [0.15, 0.2) is 54.7 Å². The van der Waals surface area contributed by atoms with Crippen molar-refractivity contribution in [3.05, 3.63) is 76.6 Å². The Morgan fingerprint density at radius 1 is 1.25 bits per heavy atom. The molecule has 1 aliphatic heterocycles. The number of anilines is 1. The number of hydrogen-bond donors (Lipinski definition) is 1. The van der Waals surface area contributed by atoms with Crippen molar-refractivity contribution < 1.29 is 14.3 Å². The summed E-state index contributed by atoms with van der Waals surface area (Å²) < 4.78 is 11.3. The minimum Gasteiger partial charge on any atom is -0.481 e. The van der Waals surface area contributed by atoms with Gasteiger partial charge in [0.1, 0.15) is 29.9 Å². The maximum Gasteiger partial charge on any atom is 0.244 e. The van der Waals surface area contributed by atoms with Crippen molar-refractivity contribution in [2.75, 3.05) is 18.1 Å². The molecule has 0 aliphatic carbocycles. The van der Waals surface area contributed by atoms with E-state index >= 15 is 0 Å². The van der Waals surface area contributed by atoms with E-state index in [0.29, 0.717) is 46.5 Å². The predicted molar refractivity (Wildman–Crippen MR) is 138 cm³/mol. The van der Waals surface area contributed by atoms with Gasteiger partial charge in [-0.15, -0.1) is 6.42 Å². The minimum atomic E-state index is -0.754. The molecular weight excluding hydrogens is 476 g/mol. The topological polar surface area (TPSA) is 101 Å². The zero-order chi connectivity index (χ0) is 25.9. The Bertz CT molecular complexity index is 1370. The molecule has 0 bridgehead atoms. The largest absolute Gasteiger partial charge is 0.481 e. The first-order valence-corrected chi connectivity index (χ1v) is 11.7. The number of nitriles is 1. The molecule has 0 saturated carbocycles. The molecule has 4 rings (SSSR count). The predicted octanol–water partition coefficient (Wildman–Crippen LogP) is 4.61. The van der Waals surface area contributed by atoms with E-state index in [1.807, 2.05) is 26.0 Å². The lowest BCUT2D eigenvalue weighted by atomic mass is 9.91. The quantitative estimate of drug-likeness (QED) is 0.475. The highest BCUT2D eigenvalue weighted by molar-refractivity contribution is 6.30. The Labute approximate surface area is 215 Å². The molecular formula is C28H25ClN4O3. The molecule has 7 nitrogen and oxygen atoms in total. The molecule has 1 atom stereocenters. The summed E-state index contributed by atoms with van der Waals surface area (Å²) in [6.07, 6.45) is 7.17. The maximum absolute atomic E-state index is 13.4. The van der Waals surface area contributed by atoms with Gasteiger partial charge in [0.25, 0.3) is 0 Å². The van der Waals surface area contributed by atoms with Gasteiger partial charge in [0.15, 0.2) is 0 Å². The third-order valence-electron chi connectivity index (χ3n) is 5.90. The zero-order valence-corrected chi connectivity index (χ0v) is 20.7. The van der Waals surface area contributed by atoms with E-state index in [4.69, 9.17) is 33.2 Å². The van der Waals surface area contributed by atoms with Crippen molar-refractivity contribution in [3.63, 3.8) is 0 Å². The van der Waals surface area contributed by atoms with Crippen molar-refractivity contribution >= 4 is 23.2 Å². The van der Waals surface area contributed by atoms with Gasteiger partial charge >= 0.3 is 0 Å². The van der Waals surface area contributed by atoms with Gasteiger partial charge in [-0.2, -0.15) is 5.26 Å². The number of pyridine rings is 1. The zero-order valence-electron chi connectivity index (χ0n) is 20.0. The monoisotopic (exact) mass is 500 g/mol. The fourth-order valence-corrected chi connectivity index (χ4v) is 4.34. The maximum atomic E-state index is 13.4. The van der Waals surface area contributed by atoms with Crippen LogP contribution in [0.1, 0.15) is 30.7 Å². The minimum absolute atomic E-state index is 0.192. The fraction of sp³-hybridized carbons (Fsp3) is 0.250. The number of nitrogens with two attached hydrogens (primary N) is 1. The average molecular weight is 501 g/mol. The first-order valence-electron chi connectivity index (χ1n) is 11.3. The van der Waals surface area contributed by atoms with Crippen LogP contribution in [0.5, 0.6) is 17.2 Å². The van der Waals surface area contributed by atoms with Gasteiger partial charge in [-0.3, -0.25) is 9.78 Å². The number of ether oxygens (including phenoxy) is 2. The number of amides is 1. The van der Waals surface area contributed by atoms with Crippen LogP contribution >= 0.6 is 11.6 Å². The second kappa shape index (κ2) is 10.3. The molecule has 0 spiro atoms. The second-order valence-electron chi connectivity index (χ2n) is 9.15. The number of rotatable bonds is 7. The second-order valence-corrected chi connectivity index (χ2v) is 9.59. The number of carbonyl (C=O) groups excluding carboxylic acids is 1. The van der Waals surface area contributed by atoms with E-state index in [1.165, 1.54) is 6.07 Å². The molecule has 1 amide bonds. The molecule has 0 unspecified atom stereocenters. The normalized spacial score (nSPS) is 14.3. The number of benzene rings is 2. The molecule has 2 heterocycles. The highest BCUT2D eigenvalue weighted by atomic mass is 35.5. The first kappa shape index (κ1) is 25.1. The van der Waals surface area contributed by atoms with E-state index in [-0.39, 0.29) is 17.9 Å². The van der Waals surface area contributed by atoms with Gasteiger partial charge in [0, 0.05) is 23.0 Å². The molecule has 8 heteroatoms. The summed E-state index contributed by atoms with van der Waals surface area (Å²) in [5.41, 5.74) is 8.62. The Morgan fingerprint density at radius 2 is 2.00 bits per heavy atom. The number of halogens is 1. The van der Waals surface area contributed by atoms with Gasteiger partial charge in [-0.1, -0.05) is 43.5 Å². The van der Waals surface area contributed by atoms with E-state index in [9.17, 15) is 10.1 Å². The van der Waals surface area contributed by atoms with E-state index in [1.54, 1.807) is 41.4 Å². The van der Waals surface area contributed by atoms with Crippen molar-refractivity contribution in [3.8, 4) is 35.7 Å². The van der Waals surface area contributed by atoms with E-state index in [0.717, 1.165) is 11.3 Å².